The van der Waals surface area contributed by atoms with E-state index in [0.29, 0.717) is 5.56 Å². The molecule has 0 heterocycles. The van der Waals surface area contributed by atoms with E-state index in [2.05, 4.69) is 5.32 Å². The number of alkyl halides is 2. The number of halogens is 7. The minimum absolute atomic E-state index is 0.00279. The Balaban J connectivity index is 1.52. The lowest BCUT2D eigenvalue weighted by atomic mass is 10.0. The molecule has 0 bridgehead atoms. The summed E-state index contributed by atoms with van der Waals surface area (Å²) in [6.45, 7) is 0. The number of nitriles is 1. The van der Waals surface area contributed by atoms with Crippen molar-refractivity contribution in [1.29, 1.82) is 5.26 Å². The van der Waals surface area contributed by atoms with Crippen molar-refractivity contribution in [3.63, 3.8) is 0 Å². The standard InChI is InChI=1S/C25H13Cl5F2N2O2/c26-16-6-13(7-17(27)23(16)28)21-22(25(21,29)30)24(36)34-14-3-4-18(31)15(9-14)20(35)8-12-2-1-11(10-33)5-19(12)32/h1-7,9,21-22H,8H2,(H,34,36). The predicted octanol–water partition coefficient (Wildman–Crippen LogP) is 7.75. The van der Waals surface area contributed by atoms with Crippen LogP contribution in [0.1, 0.15) is 33.0 Å². The highest BCUT2D eigenvalue weighted by molar-refractivity contribution is 6.54. The maximum atomic E-state index is 14.4. The summed E-state index contributed by atoms with van der Waals surface area (Å²) in [6.07, 6.45) is -0.443. The molecule has 1 fully saturated rings. The quantitative estimate of drug-likeness (QED) is 0.182. The summed E-state index contributed by atoms with van der Waals surface area (Å²) in [5.41, 5.74) is 0.382. The van der Waals surface area contributed by atoms with Crippen molar-refractivity contribution in [3.05, 3.63) is 97.5 Å². The summed E-state index contributed by atoms with van der Waals surface area (Å²) in [7, 11) is 0. The number of nitrogens with one attached hydrogen (secondary N) is 1. The van der Waals surface area contributed by atoms with Gasteiger partial charge in [0.25, 0.3) is 0 Å². The zero-order valence-electron chi connectivity index (χ0n) is 17.9. The fraction of sp³-hybridized carbons (Fsp3) is 0.160. The highest BCUT2D eigenvalue weighted by atomic mass is 35.5. The molecule has 3 aromatic carbocycles. The maximum absolute atomic E-state index is 14.4. The molecular formula is C25H13Cl5F2N2O2. The van der Waals surface area contributed by atoms with Gasteiger partial charge in [0.2, 0.25) is 5.91 Å². The van der Waals surface area contributed by atoms with Crippen LogP contribution >= 0.6 is 58.0 Å². The second-order valence-electron chi connectivity index (χ2n) is 8.13. The van der Waals surface area contributed by atoms with Gasteiger partial charge in [0.1, 0.15) is 16.0 Å². The van der Waals surface area contributed by atoms with E-state index >= 15 is 0 Å². The van der Waals surface area contributed by atoms with E-state index in [9.17, 15) is 18.4 Å². The first-order valence-electron chi connectivity index (χ1n) is 10.3. The number of nitrogens with zero attached hydrogens (tertiary/aromatic N) is 1. The predicted molar refractivity (Wildman–Crippen MR) is 136 cm³/mol. The number of rotatable bonds is 6. The Morgan fingerprint density at radius 2 is 1.64 bits per heavy atom. The largest absolute Gasteiger partial charge is 0.326 e. The molecule has 0 radical (unpaired) electrons. The number of hydrogen-bond donors (Lipinski definition) is 1. The lowest BCUT2D eigenvalue weighted by Gasteiger charge is -2.09. The number of ketones is 1. The molecule has 0 aromatic heterocycles. The molecule has 0 aliphatic heterocycles. The van der Waals surface area contributed by atoms with Crippen LogP contribution in [0.3, 0.4) is 0 Å². The van der Waals surface area contributed by atoms with Crippen LogP contribution < -0.4 is 5.32 Å². The molecule has 0 spiro atoms. The molecule has 1 saturated carbocycles. The van der Waals surface area contributed by atoms with Gasteiger partial charge in [0.05, 0.1) is 38.2 Å². The Hall–Kier alpha value is -2.40. The summed E-state index contributed by atoms with van der Waals surface area (Å²) in [6, 6.07) is 11.9. The van der Waals surface area contributed by atoms with E-state index in [1.807, 2.05) is 0 Å². The number of amides is 1. The molecular weight excluding hydrogens is 576 g/mol. The van der Waals surface area contributed by atoms with Gasteiger partial charge < -0.3 is 5.32 Å². The summed E-state index contributed by atoms with van der Waals surface area (Å²) in [5, 5.41) is 11.9. The smallest absolute Gasteiger partial charge is 0.231 e. The molecule has 1 amide bonds. The van der Waals surface area contributed by atoms with Crippen molar-refractivity contribution in [1.82, 2.24) is 0 Å². The minimum atomic E-state index is -1.46. The van der Waals surface area contributed by atoms with Crippen molar-refractivity contribution < 1.29 is 18.4 Å². The number of benzene rings is 3. The summed E-state index contributed by atoms with van der Waals surface area (Å²) in [4.78, 5) is 25.6. The van der Waals surface area contributed by atoms with E-state index < -0.39 is 45.9 Å². The molecule has 11 heteroatoms. The van der Waals surface area contributed by atoms with Gasteiger partial charge >= 0.3 is 0 Å². The molecule has 4 nitrogen and oxygen atoms in total. The van der Waals surface area contributed by atoms with Gasteiger partial charge in [-0.15, -0.1) is 23.2 Å². The first kappa shape index (κ1) is 26.7. The average molecular weight is 589 g/mol. The first-order valence-corrected chi connectivity index (χ1v) is 12.2. The normalized spacial score (nSPS) is 17.8. The summed E-state index contributed by atoms with van der Waals surface area (Å²) < 4.78 is 27.1. The van der Waals surface area contributed by atoms with Gasteiger partial charge in [-0.05, 0) is 53.6 Å². The number of Topliss-reactive ketones (excluding diaryl/α,β-unsaturated/α-hetero) is 1. The van der Waals surface area contributed by atoms with Crippen molar-refractivity contribution in [2.45, 2.75) is 16.7 Å². The van der Waals surface area contributed by atoms with Crippen LogP contribution in [0.2, 0.25) is 15.1 Å². The number of carbonyl (C=O) groups excluding carboxylic acids is 2. The Kier molecular flexibility index (Phi) is 7.52. The van der Waals surface area contributed by atoms with E-state index in [-0.39, 0.29) is 37.4 Å². The second-order valence-corrected chi connectivity index (χ2v) is 10.8. The van der Waals surface area contributed by atoms with Gasteiger partial charge in [0, 0.05) is 18.0 Å². The fourth-order valence-electron chi connectivity index (χ4n) is 3.89. The van der Waals surface area contributed by atoms with Gasteiger partial charge in [-0.2, -0.15) is 5.26 Å². The Morgan fingerprint density at radius 1 is 0.972 bits per heavy atom. The van der Waals surface area contributed by atoms with Crippen LogP contribution in [0.15, 0.2) is 48.5 Å². The van der Waals surface area contributed by atoms with Crippen molar-refractivity contribution in [2.24, 2.45) is 5.92 Å². The van der Waals surface area contributed by atoms with E-state index in [0.717, 1.165) is 18.2 Å². The zero-order valence-corrected chi connectivity index (χ0v) is 21.7. The molecule has 1 aliphatic rings. The van der Waals surface area contributed by atoms with Crippen LogP contribution in [-0.4, -0.2) is 16.0 Å². The SMILES string of the molecule is N#Cc1ccc(CC(=O)c2cc(NC(=O)C3C(c4cc(Cl)c(Cl)c(Cl)c4)C3(Cl)Cl)ccc2F)c(F)c1. The summed E-state index contributed by atoms with van der Waals surface area (Å²) >= 11 is 30.9. The minimum Gasteiger partial charge on any atom is -0.326 e. The topological polar surface area (TPSA) is 70.0 Å². The highest BCUT2D eigenvalue weighted by Crippen LogP contribution is 2.65. The molecule has 2 unspecified atom stereocenters. The van der Waals surface area contributed by atoms with Crippen LogP contribution in [0.25, 0.3) is 0 Å². The van der Waals surface area contributed by atoms with Gasteiger partial charge in [-0.3, -0.25) is 9.59 Å². The molecule has 2 atom stereocenters. The fourth-order valence-corrected chi connectivity index (χ4v) is 5.33. The van der Waals surface area contributed by atoms with Crippen LogP contribution in [0.5, 0.6) is 0 Å². The van der Waals surface area contributed by atoms with Crippen LogP contribution in [0.4, 0.5) is 14.5 Å². The summed E-state index contributed by atoms with van der Waals surface area (Å²) in [5.74, 6) is -4.43. The van der Waals surface area contributed by atoms with Crippen molar-refractivity contribution in [2.75, 3.05) is 5.32 Å². The number of carbonyl (C=O) groups is 2. The van der Waals surface area contributed by atoms with Crippen molar-refractivity contribution >= 4 is 75.4 Å². The zero-order chi connectivity index (χ0) is 26.4. The number of hydrogen-bond acceptors (Lipinski definition) is 3. The Morgan fingerprint density at radius 3 is 2.25 bits per heavy atom. The third-order valence-corrected chi connectivity index (χ3v) is 7.91. The van der Waals surface area contributed by atoms with Crippen LogP contribution in [-0.2, 0) is 11.2 Å². The Bertz CT molecular complexity index is 1430. The molecule has 36 heavy (non-hydrogen) atoms. The molecule has 1 N–H and O–H groups in total. The van der Waals surface area contributed by atoms with E-state index in [4.69, 9.17) is 63.3 Å². The second kappa shape index (κ2) is 10.2. The van der Waals surface area contributed by atoms with Crippen molar-refractivity contribution in [3.8, 4) is 6.07 Å². The van der Waals surface area contributed by atoms with E-state index in [1.54, 1.807) is 6.07 Å². The Labute approximate surface area is 229 Å². The molecule has 4 rings (SSSR count). The third kappa shape index (κ3) is 5.18. The van der Waals surface area contributed by atoms with Gasteiger partial charge in [-0.1, -0.05) is 40.9 Å². The maximum Gasteiger partial charge on any atom is 0.231 e. The monoisotopic (exact) mass is 586 g/mol. The molecule has 184 valence electrons. The van der Waals surface area contributed by atoms with Gasteiger partial charge in [-0.25, -0.2) is 8.78 Å². The first-order chi connectivity index (χ1) is 16.9. The van der Waals surface area contributed by atoms with Crippen LogP contribution in [0, 0.1) is 28.9 Å². The lowest BCUT2D eigenvalue weighted by Crippen LogP contribution is -2.18. The highest BCUT2D eigenvalue weighted by Gasteiger charge is 2.67. The molecule has 3 aromatic rings. The number of anilines is 1. The third-order valence-electron chi connectivity index (χ3n) is 5.77. The molecule has 0 saturated heterocycles. The van der Waals surface area contributed by atoms with E-state index in [1.165, 1.54) is 30.3 Å². The lowest BCUT2D eigenvalue weighted by molar-refractivity contribution is -0.117. The van der Waals surface area contributed by atoms with Gasteiger partial charge in [0.15, 0.2) is 5.78 Å². The molecule has 1 aliphatic carbocycles. The average Bonchev–Trinajstić information content (AvgIpc) is 3.41.